The number of aromatic nitrogens is 2. The van der Waals surface area contributed by atoms with Gasteiger partial charge in [-0.05, 0) is 62.4 Å². The minimum atomic E-state index is 0.850. The van der Waals surface area contributed by atoms with Crippen LogP contribution in [0.2, 0.25) is 0 Å². The molecule has 2 aromatic rings. The summed E-state index contributed by atoms with van der Waals surface area (Å²) in [6.45, 7) is 6.26. The summed E-state index contributed by atoms with van der Waals surface area (Å²) in [6.07, 6.45) is 2.79. The van der Waals surface area contributed by atoms with Crippen molar-refractivity contribution in [2.24, 2.45) is 5.92 Å². The number of nitrogens with one attached hydrogen (secondary N) is 2. The first-order valence-corrected chi connectivity index (χ1v) is 6.39. The zero-order valence-electron chi connectivity index (χ0n) is 10.5. The molecule has 0 amide bonds. The van der Waals surface area contributed by atoms with Crippen molar-refractivity contribution in [3.63, 3.8) is 0 Å². The number of nitrogens with zero attached hydrogens (tertiary/aromatic N) is 1. The number of aryl methyl sites for hydroxylation is 2. The van der Waals surface area contributed by atoms with Gasteiger partial charge in [0.1, 0.15) is 5.82 Å². The molecule has 3 rings (SSSR count). The molecule has 1 aromatic carbocycles. The van der Waals surface area contributed by atoms with Crippen LogP contribution in [0.5, 0.6) is 0 Å². The van der Waals surface area contributed by atoms with E-state index in [2.05, 4.69) is 41.3 Å². The maximum atomic E-state index is 4.61. The second kappa shape index (κ2) is 4.15. The van der Waals surface area contributed by atoms with Crippen molar-refractivity contribution in [2.75, 3.05) is 6.54 Å². The first-order chi connectivity index (χ1) is 8.22. The highest BCUT2D eigenvalue weighted by atomic mass is 15.0. The lowest BCUT2D eigenvalue weighted by Gasteiger charge is -1.99. The van der Waals surface area contributed by atoms with Crippen LogP contribution in [-0.2, 0) is 6.54 Å². The monoisotopic (exact) mass is 229 g/mol. The molecule has 17 heavy (non-hydrogen) atoms. The van der Waals surface area contributed by atoms with Crippen LogP contribution in [0.25, 0.3) is 11.0 Å². The first-order valence-electron chi connectivity index (χ1n) is 6.39. The Labute approximate surface area is 102 Å². The normalized spacial score (nSPS) is 15.6. The molecule has 1 heterocycles. The Balaban J connectivity index is 1.75. The van der Waals surface area contributed by atoms with Gasteiger partial charge in [0.15, 0.2) is 0 Å². The number of rotatable bonds is 4. The molecule has 0 saturated heterocycles. The van der Waals surface area contributed by atoms with Gasteiger partial charge < -0.3 is 10.3 Å². The lowest BCUT2D eigenvalue weighted by molar-refractivity contribution is 0.624. The Hall–Kier alpha value is -1.35. The second-order valence-electron chi connectivity index (χ2n) is 5.21. The highest BCUT2D eigenvalue weighted by molar-refractivity contribution is 5.77. The van der Waals surface area contributed by atoms with E-state index >= 15 is 0 Å². The molecule has 1 aliphatic carbocycles. The number of hydrogen-bond acceptors (Lipinski definition) is 2. The van der Waals surface area contributed by atoms with Crippen LogP contribution in [0.1, 0.15) is 29.8 Å². The van der Waals surface area contributed by atoms with E-state index in [4.69, 9.17) is 0 Å². The van der Waals surface area contributed by atoms with Crippen molar-refractivity contribution >= 4 is 11.0 Å². The van der Waals surface area contributed by atoms with Crippen LogP contribution in [0, 0.1) is 19.8 Å². The Kier molecular flexibility index (Phi) is 2.63. The van der Waals surface area contributed by atoms with Crippen molar-refractivity contribution in [1.29, 1.82) is 0 Å². The van der Waals surface area contributed by atoms with Crippen LogP contribution >= 0.6 is 0 Å². The molecule has 0 radical (unpaired) electrons. The standard InChI is InChI=1S/C14H19N3/c1-9-5-12-13(6-10(9)2)17-14(16-12)8-15-7-11-3-4-11/h5-6,11,15H,3-4,7-8H2,1-2H3,(H,16,17). The smallest absolute Gasteiger partial charge is 0.121 e. The molecular formula is C14H19N3. The SMILES string of the molecule is Cc1cc2nc(CNCC3CC3)[nH]c2cc1C. The molecule has 3 nitrogen and oxygen atoms in total. The third kappa shape index (κ3) is 2.34. The fourth-order valence-corrected chi connectivity index (χ4v) is 2.12. The van der Waals surface area contributed by atoms with Crippen LogP contribution in [0.3, 0.4) is 0 Å². The van der Waals surface area contributed by atoms with E-state index in [0.29, 0.717) is 0 Å². The number of aromatic amines is 1. The van der Waals surface area contributed by atoms with E-state index in [1.165, 1.54) is 24.0 Å². The number of H-pyrrole nitrogens is 1. The van der Waals surface area contributed by atoms with Gasteiger partial charge >= 0.3 is 0 Å². The number of fused-ring (bicyclic) bond motifs is 1. The third-order valence-corrected chi connectivity index (χ3v) is 3.57. The summed E-state index contributed by atoms with van der Waals surface area (Å²) in [6, 6.07) is 4.34. The van der Waals surface area contributed by atoms with Crippen molar-refractivity contribution in [1.82, 2.24) is 15.3 Å². The van der Waals surface area contributed by atoms with E-state index in [1.54, 1.807) is 0 Å². The molecule has 0 aliphatic heterocycles. The Morgan fingerprint density at radius 3 is 2.82 bits per heavy atom. The fraction of sp³-hybridized carbons (Fsp3) is 0.500. The quantitative estimate of drug-likeness (QED) is 0.846. The van der Waals surface area contributed by atoms with Gasteiger partial charge in [-0.25, -0.2) is 4.98 Å². The Morgan fingerprint density at radius 2 is 2.06 bits per heavy atom. The number of hydrogen-bond donors (Lipinski definition) is 2. The predicted molar refractivity (Wildman–Crippen MR) is 70.0 cm³/mol. The largest absolute Gasteiger partial charge is 0.341 e. The summed E-state index contributed by atoms with van der Waals surface area (Å²) in [5.41, 5.74) is 4.85. The molecule has 1 fully saturated rings. The van der Waals surface area contributed by atoms with Gasteiger partial charge in [0, 0.05) is 0 Å². The molecule has 0 atom stereocenters. The van der Waals surface area contributed by atoms with Crippen LogP contribution in [0.15, 0.2) is 12.1 Å². The molecule has 0 bridgehead atoms. The molecule has 1 aliphatic rings. The molecule has 1 saturated carbocycles. The molecular weight excluding hydrogens is 210 g/mol. The van der Waals surface area contributed by atoms with E-state index in [9.17, 15) is 0 Å². The van der Waals surface area contributed by atoms with Crippen LogP contribution in [-0.4, -0.2) is 16.5 Å². The lowest BCUT2D eigenvalue weighted by atomic mass is 10.1. The topological polar surface area (TPSA) is 40.7 Å². The van der Waals surface area contributed by atoms with Gasteiger partial charge in [-0.1, -0.05) is 0 Å². The van der Waals surface area contributed by atoms with Crippen molar-refractivity contribution < 1.29 is 0 Å². The molecule has 90 valence electrons. The maximum absolute atomic E-state index is 4.61. The number of imidazole rings is 1. The fourth-order valence-electron chi connectivity index (χ4n) is 2.12. The molecule has 3 heteroatoms. The van der Waals surface area contributed by atoms with Crippen LogP contribution < -0.4 is 5.32 Å². The van der Waals surface area contributed by atoms with E-state index in [0.717, 1.165) is 35.9 Å². The Bertz CT molecular complexity index is 499. The van der Waals surface area contributed by atoms with E-state index in [1.807, 2.05) is 0 Å². The second-order valence-corrected chi connectivity index (χ2v) is 5.21. The Morgan fingerprint density at radius 1 is 1.29 bits per heavy atom. The minimum Gasteiger partial charge on any atom is -0.341 e. The zero-order valence-corrected chi connectivity index (χ0v) is 10.5. The maximum Gasteiger partial charge on any atom is 0.121 e. The van der Waals surface area contributed by atoms with Gasteiger partial charge in [0.05, 0.1) is 17.6 Å². The molecule has 0 unspecified atom stereocenters. The van der Waals surface area contributed by atoms with E-state index in [-0.39, 0.29) is 0 Å². The average molecular weight is 229 g/mol. The summed E-state index contributed by atoms with van der Waals surface area (Å²) in [5, 5.41) is 3.46. The zero-order chi connectivity index (χ0) is 11.8. The highest BCUT2D eigenvalue weighted by Gasteiger charge is 2.20. The van der Waals surface area contributed by atoms with Gasteiger partial charge in [-0.2, -0.15) is 0 Å². The summed E-state index contributed by atoms with van der Waals surface area (Å²) in [5.74, 6) is 1.97. The van der Waals surface area contributed by atoms with Gasteiger partial charge in [-0.3, -0.25) is 0 Å². The van der Waals surface area contributed by atoms with Gasteiger partial charge in [0.25, 0.3) is 0 Å². The molecule has 1 aromatic heterocycles. The van der Waals surface area contributed by atoms with Crippen LogP contribution in [0.4, 0.5) is 0 Å². The van der Waals surface area contributed by atoms with Crippen molar-refractivity contribution in [2.45, 2.75) is 33.2 Å². The van der Waals surface area contributed by atoms with Gasteiger partial charge in [0.2, 0.25) is 0 Å². The first kappa shape index (κ1) is 10.8. The third-order valence-electron chi connectivity index (χ3n) is 3.57. The summed E-state index contributed by atoms with van der Waals surface area (Å²) in [7, 11) is 0. The molecule has 2 N–H and O–H groups in total. The average Bonchev–Trinajstić information content (AvgIpc) is 3.02. The summed E-state index contributed by atoms with van der Waals surface area (Å²) >= 11 is 0. The number of benzene rings is 1. The molecule has 0 spiro atoms. The van der Waals surface area contributed by atoms with Crippen molar-refractivity contribution in [3.05, 3.63) is 29.1 Å². The van der Waals surface area contributed by atoms with Gasteiger partial charge in [-0.15, -0.1) is 0 Å². The minimum absolute atomic E-state index is 0.850. The summed E-state index contributed by atoms with van der Waals surface area (Å²) < 4.78 is 0. The van der Waals surface area contributed by atoms with E-state index < -0.39 is 0 Å². The predicted octanol–water partition coefficient (Wildman–Crippen LogP) is 2.68. The van der Waals surface area contributed by atoms with Crippen molar-refractivity contribution in [3.8, 4) is 0 Å². The lowest BCUT2D eigenvalue weighted by Crippen LogP contribution is -2.16. The summed E-state index contributed by atoms with van der Waals surface area (Å²) in [4.78, 5) is 8.00. The highest BCUT2D eigenvalue weighted by Crippen LogP contribution is 2.27.